The van der Waals surface area contributed by atoms with Crippen LogP contribution in [0.1, 0.15) is 18.5 Å². The Balaban J connectivity index is 2.30. The van der Waals surface area contributed by atoms with E-state index in [4.69, 9.17) is 17.3 Å². The summed E-state index contributed by atoms with van der Waals surface area (Å²) < 4.78 is 0.667. The van der Waals surface area contributed by atoms with Gasteiger partial charge in [-0.3, -0.25) is 0 Å². The Hall–Kier alpha value is -1.33. The van der Waals surface area contributed by atoms with Crippen molar-refractivity contribution in [2.24, 2.45) is 0 Å². The largest absolute Gasteiger partial charge is 0.383 e. The van der Waals surface area contributed by atoms with E-state index in [0.29, 0.717) is 21.4 Å². The van der Waals surface area contributed by atoms with E-state index in [9.17, 15) is 0 Å². The molecule has 19 heavy (non-hydrogen) atoms. The Bertz CT molecular complexity index is 570. The highest BCUT2D eigenvalue weighted by molar-refractivity contribution is 9.10. The van der Waals surface area contributed by atoms with E-state index in [-0.39, 0.29) is 6.04 Å². The van der Waals surface area contributed by atoms with Crippen molar-refractivity contribution in [3.8, 4) is 0 Å². The molecule has 1 aromatic carbocycles. The molecular weight excluding hydrogens is 328 g/mol. The van der Waals surface area contributed by atoms with Crippen molar-refractivity contribution in [3.05, 3.63) is 45.5 Å². The van der Waals surface area contributed by atoms with Gasteiger partial charge in [0.05, 0.1) is 6.04 Å². The Morgan fingerprint density at radius 2 is 2.05 bits per heavy atom. The third-order valence-corrected chi connectivity index (χ3v) is 3.57. The molecule has 4 nitrogen and oxygen atoms in total. The van der Waals surface area contributed by atoms with Gasteiger partial charge in [0.25, 0.3) is 0 Å². The molecule has 0 aliphatic carbocycles. The number of aromatic nitrogens is 2. The fraction of sp³-hybridized carbons (Fsp3) is 0.231. The van der Waals surface area contributed by atoms with Crippen molar-refractivity contribution in [1.29, 1.82) is 0 Å². The third-order valence-electron chi connectivity index (χ3n) is 2.93. The second-order valence-electron chi connectivity index (χ2n) is 4.26. The van der Waals surface area contributed by atoms with Crippen LogP contribution in [-0.2, 0) is 0 Å². The predicted octanol–water partition coefficient (Wildman–Crippen LogP) is 3.67. The Morgan fingerprint density at radius 1 is 1.32 bits per heavy atom. The smallest absolute Gasteiger partial charge is 0.228 e. The van der Waals surface area contributed by atoms with Crippen molar-refractivity contribution >= 4 is 39.3 Å². The zero-order valence-electron chi connectivity index (χ0n) is 10.6. The number of rotatable bonds is 3. The van der Waals surface area contributed by atoms with Crippen LogP contribution in [0.3, 0.4) is 0 Å². The van der Waals surface area contributed by atoms with Crippen LogP contribution < -0.4 is 10.6 Å². The molecule has 1 unspecified atom stereocenters. The topological polar surface area (TPSA) is 55.0 Å². The first kappa shape index (κ1) is 14.1. The standard InChI is InChI=1S/C13H14BrClN4/c1-8(9-4-3-5-10(15)6-9)19(2)13-17-11(14)7-12(16)18-13/h3-8H,1-2H3,(H2,16,17,18). The molecular formula is C13H14BrClN4. The van der Waals surface area contributed by atoms with Gasteiger partial charge in [0.15, 0.2) is 0 Å². The third kappa shape index (κ3) is 3.36. The number of anilines is 2. The zero-order valence-corrected chi connectivity index (χ0v) is 13.0. The molecule has 1 aromatic heterocycles. The van der Waals surface area contributed by atoms with Gasteiger partial charge >= 0.3 is 0 Å². The van der Waals surface area contributed by atoms with Gasteiger partial charge in [-0.15, -0.1) is 0 Å². The molecule has 1 heterocycles. The number of halogens is 2. The van der Waals surface area contributed by atoms with Gasteiger partial charge in [-0.1, -0.05) is 23.7 Å². The van der Waals surface area contributed by atoms with E-state index < -0.39 is 0 Å². The number of benzene rings is 1. The number of nitrogens with two attached hydrogens (primary N) is 1. The average molecular weight is 342 g/mol. The summed E-state index contributed by atoms with van der Waals surface area (Å²) in [5.41, 5.74) is 6.83. The van der Waals surface area contributed by atoms with Gasteiger partial charge < -0.3 is 10.6 Å². The van der Waals surface area contributed by atoms with Gasteiger partial charge in [-0.25, -0.2) is 4.98 Å². The highest BCUT2D eigenvalue weighted by atomic mass is 79.9. The highest BCUT2D eigenvalue weighted by Gasteiger charge is 2.15. The molecule has 0 aliphatic rings. The van der Waals surface area contributed by atoms with Gasteiger partial charge in [0, 0.05) is 18.1 Å². The Labute approximate surface area is 125 Å². The molecule has 0 bridgehead atoms. The van der Waals surface area contributed by atoms with E-state index in [1.807, 2.05) is 36.2 Å². The van der Waals surface area contributed by atoms with Crippen LogP contribution in [0, 0.1) is 0 Å². The maximum atomic E-state index is 6.01. The normalized spacial score (nSPS) is 12.2. The summed E-state index contributed by atoms with van der Waals surface area (Å²) in [6, 6.07) is 9.50. The van der Waals surface area contributed by atoms with Crippen LogP contribution in [-0.4, -0.2) is 17.0 Å². The first-order valence-electron chi connectivity index (χ1n) is 5.75. The molecule has 0 saturated carbocycles. The molecule has 0 radical (unpaired) electrons. The summed E-state index contributed by atoms with van der Waals surface area (Å²) in [6.45, 7) is 2.06. The van der Waals surface area contributed by atoms with E-state index >= 15 is 0 Å². The maximum Gasteiger partial charge on any atom is 0.228 e. The Kier molecular flexibility index (Phi) is 4.27. The minimum atomic E-state index is 0.0902. The zero-order chi connectivity index (χ0) is 14.0. The lowest BCUT2D eigenvalue weighted by Crippen LogP contribution is -2.24. The second-order valence-corrected chi connectivity index (χ2v) is 5.51. The van der Waals surface area contributed by atoms with Crippen LogP contribution >= 0.6 is 27.5 Å². The van der Waals surface area contributed by atoms with Crippen molar-refractivity contribution in [2.45, 2.75) is 13.0 Å². The molecule has 2 aromatic rings. The molecule has 0 spiro atoms. The van der Waals surface area contributed by atoms with Crippen LogP contribution in [0.2, 0.25) is 5.02 Å². The van der Waals surface area contributed by atoms with E-state index in [2.05, 4.69) is 32.8 Å². The molecule has 6 heteroatoms. The SMILES string of the molecule is CC(c1cccc(Cl)c1)N(C)c1nc(N)cc(Br)n1. The molecule has 1 atom stereocenters. The molecule has 0 amide bonds. The van der Waals surface area contributed by atoms with Crippen LogP contribution in [0.5, 0.6) is 0 Å². The van der Waals surface area contributed by atoms with Crippen LogP contribution in [0.25, 0.3) is 0 Å². The van der Waals surface area contributed by atoms with Crippen molar-refractivity contribution in [3.63, 3.8) is 0 Å². The number of nitrogen functional groups attached to an aromatic ring is 1. The summed E-state index contributed by atoms with van der Waals surface area (Å²) in [5, 5.41) is 0.715. The fourth-order valence-electron chi connectivity index (χ4n) is 1.74. The summed E-state index contributed by atoms with van der Waals surface area (Å²) in [5.74, 6) is 1.00. The molecule has 100 valence electrons. The van der Waals surface area contributed by atoms with Crippen molar-refractivity contribution < 1.29 is 0 Å². The van der Waals surface area contributed by atoms with Gasteiger partial charge in [0.2, 0.25) is 5.95 Å². The van der Waals surface area contributed by atoms with Gasteiger partial charge in [-0.05, 0) is 40.5 Å². The predicted molar refractivity (Wildman–Crippen MR) is 82.4 cm³/mol. The maximum absolute atomic E-state index is 6.01. The van der Waals surface area contributed by atoms with E-state index in [1.165, 1.54) is 0 Å². The molecule has 2 N–H and O–H groups in total. The average Bonchev–Trinajstić information content (AvgIpc) is 2.36. The summed E-state index contributed by atoms with van der Waals surface area (Å²) >= 11 is 9.33. The van der Waals surface area contributed by atoms with Crippen LogP contribution in [0.15, 0.2) is 34.9 Å². The fourth-order valence-corrected chi connectivity index (χ4v) is 2.34. The minimum absolute atomic E-state index is 0.0902. The Morgan fingerprint density at radius 3 is 2.68 bits per heavy atom. The summed E-state index contributed by atoms with van der Waals surface area (Å²) in [7, 11) is 1.92. The lowest BCUT2D eigenvalue weighted by atomic mass is 10.1. The van der Waals surface area contributed by atoms with Crippen molar-refractivity contribution in [1.82, 2.24) is 9.97 Å². The summed E-state index contributed by atoms with van der Waals surface area (Å²) in [4.78, 5) is 10.5. The first-order chi connectivity index (χ1) is 8.97. The highest BCUT2D eigenvalue weighted by Crippen LogP contribution is 2.26. The molecule has 0 fully saturated rings. The van der Waals surface area contributed by atoms with Crippen LogP contribution in [0.4, 0.5) is 11.8 Å². The lowest BCUT2D eigenvalue weighted by Gasteiger charge is -2.25. The minimum Gasteiger partial charge on any atom is -0.383 e. The quantitative estimate of drug-likeness (QED) is 0.865. The van der Waals surface area contributed by atoms with E-state index in [0.717, 1.165) is 5.56 Å². The molecule has 0 saturated heterocycles. The number of nitrogens with zero attached hydrogens (tertiary/aromatic N) is 3. The molecule has 2 rings (SSSR count). The first-order valence-corrected chi connectivity index (χ1v) is 6.93. The van der Waals surface area contributed by atoms with Gasteiger partial charge in [0.1, 0.15) is 10.4 Å². The molecule has 0 aliphatic heterocycles. The van der Waals surface area contributed by atoms with E-state index in [1.54, 1.807) is 6.07 Å². The summed E-state index contributed by atoms with van der Waals surface area (Å²) in [6.07, 6.45) is 0. The number of hydrogen-bond acceptors (Lipinski definition) is 4. The monoisotopic (exact) mass is 340 g/mol. The number of hydrogen-bond donors (Lipinski definition) is 1. The van der Waals surface area contributed by atoms with Gasteiger partial charge in [-0.2, -0.15) is 4.98 Å². The second kappa shape index (κ2) is 5.75. The van der Waals surface area contributed by atoms with Crippen molar-refractivity contribution in [2.75, 3.05) is 17.7 Å². The lowest BCUT2D eigenvalue weighted by molar-refractivity contribution is 0.715.